The lowest BCUT2D eigenvalue weighted by Gasteiger charge is -2.28. The summed E-state index contributed by atoms with van der Waals surface area (Å²) in [5.74, 6) is 0.482. The highest BCUT2D eigenvalue weighted by Crippen LogP contribution is 2.25. The van der Waals surface area contributed by atoms with Crippen molar-refractivity contribution in [3.8, 4) is 0 Å². The van der Waals surface area contributed by atoms with Gasteiger partial charge in [-0.15, -0.1) is 0 Å². The molecule has 1 aromatic heterocycles. The molecule has 0 bridgehead atoms. The molecule has 1 saturated heterocycles. The van der Waals surface area contributed by atoms with Crippen molar-refractivity contribution in [2.24, 2.45) is 0 Å². The number of carbonyl (C=O) groups is 1. The van der Waals surface area contributed by atoms with E-state index in [1.165, 1.54) is 5.56 Å². The predicted molar refractivity (Wildman–Crippen MR) is 70.5 cm³/mol. The van der Waals surface area contributed by atoms with Crippen molar-refractivity contribution < 1.29 is 4.79 Å². The molecule has 5 heteroatoms. The summed E-state index contributed by atoms with van der Waals surface area (Å²) in [6.07, 6.45) is 0.571. The minimum absolute atomic E-state index is 0.228. The first-order valence-electron chi connectivity index (χ1n) is 6.59. The van der Waals surface area contributed by atoms with Gasteiger partial charge >= 0.3 is 0 Å². The standard InChI is InChI=1S/C13H22N4O/c1-9(13-10(2)15-16-11(13)3)8-12(18)17-6-4-14-5-7-17/h9,14H,4-8H2,1-3H3,(H,15,16). The summed E-state index contributed by atoms with van der Waals surface area (Å²) in [6, 6.07) is 0. The Kier molecular flexibility index (Phi) is 4.01. The van der Waals surface area contributed by atoms with E-state index < -0.39 is 0 Å². The third-order valence-electron chi connectivity index (χ3n) is 3.63. The molecule has 1 aromatic rings. The number of rotatable bonds is 3. The van der Waals surface area contributed by atoms with Crippen molar-refractivity contribution in [2.75, 3.05) is 26.2 Å². The van der Waals surface area contributed by atoms with Gasteiger partial charge in [0.2, 0.25) is 5.91 Å². The Morgan fingerprint density at radius 1 is 1.39 bits per heavy atom. The van der Waals surface area contributed by atoms with E-state index in [0.29, 0.717) is 6.42 Å². The molecule has 0 aromatic carbocycles. The van der Waals surface area contributed by atoms with Crippen molar-refractivity contribution in [3.05, 3.63) is 17.0 Å². The van der Waals surface area contributed by atoms with Crippen molar-refractivity contribution in [2.45, 2.75) is 33.1 Å². The highest BCUT2D eigenvalue weighted by molar-refractivity contribution is 5.77. The number of hydrogen-bond acceptors (Lipinski definition) is 3. The molecule has 2 rings (SSSR count). The average Bonchev–Trinajstić information content (AvgIpc) is 2.70. The fourth-order valence-corrected chi connectivity index (χ4v) is 2.69. The summed E-state index contributed by atoms with van der Waals surface area (Å²) < 4.78 is 0. The topological polar surface area (TPSA) is 61.0 Å². The molecule has 1 aliphatic heterocycles. The summed E-state index contributed by atoms with van der Waals surface area (Å²) >= 11 is 0. The number of aromatic amines is 1. The number of hydrogen-bond donors (Lipinski definition) is 2. The molecule has 1 amide bonds. The quantitative estimate of drug-likeness (QED) is 0.839. The Balaban J connectivity index is 1.98. The molecule has 5 nitrogen and oxygen atoms in total. The zero-order valence-corrected chi connectivity index (χ0v) is 11.4. The Labute approximate surface area is 108 Å². The monoisotopic (exact) mass is 250 g/mol. The molecule has 0 spiro atoms. The van der Waals surface area contributed by atoms with Gasteiger partial charge in [0.1, 0.15) is 0 Å². The molecular weight excluding hydrogens is 228 g/mol. The molecule has 1 aliphatic rings. The highest BCUT2D eigenvalue weighted by atomic mass is 16.2. The van der Waals surface area contributed by atoms with Gasteiger partial charge in [-0.2, -0.15) is 5.10 Å². The first-order chi connectivity index (χ1) is 8.59. The number of amides is 1. The van der Waals surface area contributed by atoms with Gasteiger partial charge in [0.05, 0.1) is 5.69 Å². The van der Waals surface area contributed by atoms with Crippen LogP contribution in [0.2, 0.25) is 0 Å². The molecule has 1 fully saturated rings. The largest absolute Gasteiger partial charge is 0.340 e. The summed E-state index contributed by atoms with van der Waals surface area (Å²) in [6.45, 7) is 9.58. The third-order valence-corrected chi connectivity index (χ3v) is 3.63. The normalized spacial score (nSPS) is 17.8. The lowest BCUT2D eigenvalue weighted by atomic mass is 9.95. The van der Waals surface area contributed by atoms with Crippen LogP contribution in [0.3, 0.4) is 0 Å². The smallest absolute Gasteiger partial charge is 0.223 e. The van der Waals surface area contributed by atoms with Crippen LogP contribution in [-0.2, 0) is 4.79 Å². The van der Waals surface area contributed by atoms with Gasteiger partial charge in [-0.3, -0.25) is 9.89 Å². The van der Waals surface area contributed by atoms with Crippen LogP contribution in [0, 0.1) is 13.8 Å². The van der Waals surface area contributed by atoms with E-state index in [9.17, 15) is 4.79 Å². The van der Waals surface area contributed by atoms with Crippen LogP contribution in [0.1, 0.15) is 36.2 Å². The van der Waals surface area contributed by atoms with E-state index >= 15 is 0 Å². The number of nitrogens with one attached hydrogen (secondary N) is 2. The number of H-pyrrole nitrogens is 1. The molecule has 1 unspecified atom stereocenters. The molecule has 0 aliphatic carbocycles. The molecule has 1 atom stereocenters. The lowest BCUT2D eigenvalue weighted by Crippen LogP contribution is -2.46. The van der Waals surface area contributed by atoms with Gasteiger partial charge in [0.25, 0.3) is 0 Å². The molecular formula is C13H22N4O. The zero-order valence-electron chi connectivity index (χ0n) is 11.4. The van der Waals surface area contributed by atoms with Crippen LogP contribution in [-0.4, -0.2) is 47.2 Å². The van der Waals surface area contributed by atoms with Crippen molar-refractivity contribution in [1.82, 2.24) is 20.4 Å². The van der Waals surface area contributed by atoms with E-state index in [4.69, 9.17) is 0 Å². The van der Waals surface area contributed by atoms with Crippen molar-refractivity contribution in [1.29, 1.82) is 0 Å². The highest BCUT2D eigenvalue weighted by Gasteiger charge is 2.22. The summed E-state index contributed by atoms with van der Waals surface area (Å²) in [5, 5.41) is 10.4. The van der Waals surface area contributed by atoms with Crippen molar-refractivity contribution in [3.63, 3.8) is 0 Å². The maximum Gasteiger partial charge on any atom is 0.223 e. The van der Waals surface area contributed by atoms with E-state index in [-0.39, 0.29) is 11.8 Å². The number of nitrogens with zero attached hydrogens (tertiary/aromatic N) is 2. The molecule has 18 heavy (non-hydrogen) atoms. The van der Waals surface area contributed by atoms with E-state index in [1.54, 1.807) is 0 Å². The number of carbonyl (C=O) groups excluding carboxylic acids is 1. The second-order valence-corrected chi connectivity index (χ2v) is 5.08. The predicted octanol–water partition coefficient (Wildman–Crippen LogP) is 0.952. The van der Waals surface area contributed by atoms with Crippen LogP contribution in [0.5, 0.6) is 0 Å². The minimum atomic E-state index is 0.228. The molecule has 0 saturated carbocycles. The van der Waals surface area contributed by atoms with E-state index in [2.05, 4.69) is 22.4 Å². The van der Waals surface area contributed by atoms with E-state index in [0.717, 1.165) is 37.6 Å². The van der Waals surface area contributed by atoms with Crippen LogP contribution in [0.25, 0.3) is 0 Å². The SMILES string of the molecule is Cc1n[nH]c(C)c1C(C)CC(=O)N1CCNCC1. The fourth-order valence-electron chi connectivity index (χ4n) is 2.69. The van der Waals surface area contributed by atoms with Crippen LogP contribution < -0.4 is 5.32 Å². The maximum absolute atomic E-state index is 12.2. The third kappa shape index (κ3) is 2.72. The number of aromatic nitrogens is 2. The van der Waals surface area contributed by atoms with Crippen LogP contribution >= 0.6 is 0 Å². The van der Waals surface area contributed by atoms with Gasteiger partial charge in [0.15, 0.2) is 0 Å². The first-order valence-corrected chi connectivity index (χ1v) is 6.59. The van der Waals surface area contributed by atoms with E-state index in [1.807, 2.05) is 18.7 Å². The van der Waals surface area contributed by atoms with Gasteiger partial charge in [0, 0.05) is 38.3 Å². The second kappa shape index (κ2) is 5.52. The number of piperazine rings is 1. The summed E-state index contributed by atoms with van der Waals surface area (Å²) in [7, 11) is 0. The second-order valence-electron chi connectivity index (χ2n) is 5.08. The Bertz CT molecular complexity index is 401. The minimum Gasteiger partial charge on any atom is -0.340 e. The fraction of sp³-hybridized carbons (Fsp3) is 0.692. The average molecular weight is 250 g/mol. The van der Waals surface area contributed by atoms with Gasteiger partial charge < -0.3 is 10.2 Å². The first kappa shape index (κ1) is 13.1. The van der Waals surface area contributed by atoms with Gasteiger partial charge in [-0.05, 0) is 25.3 Å². The van der Waals surface area contributed by atoms with Crippen LogP contribution in [0.15, 0.2) is 0 Å². The molecule has 2 N–H and O–H groups in total. The summed E-state index contributed by atoms with van der Waals surface area (Å²) in [5.41, 5.74) is 3.28. The Hall–Kier alpha value is -1.36. The van der Waals surface area contributed by atoms with Crippen LogP contribution in [0.4, 0.5) is 0 Å². The Morgan fingerprint density at radius 2 is 2.06 bits per heavy atom. The molecule has 100 valence electrons. The Morgan fingerprint density at radius 3 is 2.61 bits per heavy atom. The van der Waals surface area contributed by atoms with Gasteiger partial charge in [-0.1, -0.05) is 6.92 Å². The zero-order chi connectivity index (χ0) is 13.1. The van der Waals surface area contributed by atoms with Crippen molar-refractivity contribution >= 4 is 5.91 Å². The summed E-state index contributed by atoms with van der Waals surface area (Å²) in [4.78, 5) is 14.1. The maximum atomic E-state index is 12.2. The molecule has 2 heterocycles. The van der Waals surface area contributed by atoms with Gasteiger partial charge in [-0.25, -0.2) is 0 Å². The molecule has 0 radical (unpaired) electrons. The lowest BCUT2D eigenvalue weighted by molar-refractivity contribution is -0.132. The number of aryl methyl sites for hydroxylation is 2.